The van der Waals surface area contributed by atoms with Crippen LogP contribution >= 0.6 is 0 Å². The minimum Gasteiger partial charge on any atom is -0.462 e. The van der Waals surface area contributed by atoms with Gasteiger partial charge in [-0.25, -0.2) is 0 Å². The molecule has 10 heteroatoms. The normalized spacial score (nSPS) is 22.0. The predicted molar refractivity (Wildman–Crippen MR) is 183 cm³/mol. The molecular weight excluding hydrogens is 604 g/mol. The minimum absolute atomic E-state index is 0.217. The Bertz CT molecular complexity index is 789. The van der Waals surface area contributed by atoms with Crippen LogP contribution in [0.15, 0.2) is 12.2 Å². The Labute approximate surface area is 284 Å². The van der Waals surface area contributed by atoms with E-state index in [1.54, 1.807) is 0 Å². The molecule has 1 heterocycles. The Balaban J connectivity index is 2.39. The third-order valence-electron chi connectivity index (χ3n) is 8.65. The first-order valence-electron chi connectivity index (χ1n) is 18.8. The number of esters is 2. The lowest BCUT2D eigenvalue weighted by Crippen LogP contribution is -2.59. The molecule has 0 saturated carbocycles. The molecule has 1 saturated heterocycles. The average Bonchev–Trinajstić information content (AvgIpc) is 3.06. The first-order valence-corrected chi connectivity index (χ1v) is 18.8. The molecule has 0 bridgehead atoms. The molecule has 10 nitrogen and oxygen atoms in total. The van der Waals surface area contributed by atoms with Crippen LogP contribution in [0.4, 0.5) is 0 Å². The van der Waals surface area contributed by atoms with Crippen molar-refractivity contribution >= 4 is 11.9 Å². The zero-order chi connectivity index (χ0) is 34.5. The molecular formula is C37H68O10. The number of hydrogen-bond donors (Lipinski definition) is 4. The van der Waals surface area contributed by atoms with Crippen molar-refractivity contribution in [2.75, 3.05) is 19.8 Å². The zero-order valence-corrected chi connectivity index (χ0v) is 29.5. The second kappa shape index (κ2) is 29.4. The number of allylic oxidation sites excluding steroid dienone is 2. The van der Waals surface area contributed by atoms with Crippen LogP contribution in [0, 0.1) is 0 Å². The topological polar surface area (TPSA) is 152 Å². The van der Waals surface area contributed by atoms with E-state index in [1.165, 1.54) is 64.2 Å². The Hall–Kier alpha value is -1.56. The van der Waals surface area contributed by atoms with Crippen molar-refractivity contribution in [3.8, 4) is 0 Å². The van der Waals surface area contributed by atoms with Gasteiger partial charge in [-0.1, -0.05) is 116 Å². The molecule has 1 aliphatic heterocycles. The van der Waals surface area contributed by atoms with Gasteiger partial charge in [0.05, 0.1) is 13.2 Å². The fourth-order valence-electron chi connectivity index (χ4n) is 5.59. The molecule has 2 unspecified atom stereocenters. The van der Waals surface area contributed by atoms with Crippen LogP contribution in [-0.2, 0) is 28.5 Å². The molecule has 1 aliphatic rings. The number of carbonyl (C=O) groups excluding carboxylic acids is 2. The summed E-state index contributed by atoms with van der Waals surface area (Å²) in [6.07, 6.45) is 19.6. The lowest BCUT2D eigenvalue weighted by atomic mass is 9.99. The van der Waals surface area contributed by atoms with Gasteiger partial charge in [-0.2, -0.15) is 0 Å². The van der Waals surface area contributed by atoms with Crippen molar-refractivity contribution in [3.05, 3.63) is 12.2 Å². The Morgan fingerprint density at radius 2 is 1.13 bits per heavy atom. The first-order chi connectivity index (χ1) is 22.8. The number of hydrogen-bond acceptors (Lipinski definition) is 10. The number of aliphatic hydroxyl groups is 4. The summed E-state index contributed by atoms with van der Waals surface area (Å²) in [7, 11) is 0. The van der Waals surface area contributed by atoms with Crippen LogP contribution in [0.25, 0.3) is 0 Å². The molecule has 1 rings (SSSR count). The summed E-state index contributed by atoms with van der Waals surface area (Å²) >= 11 is 0. The number of carbonyl (C=O) groups is 2. The van der Waals surface area contributed by atoms with Crippen molar-refractivity contribution in [3.63, 3.8) is 0 Å². The molecule has 6 atom stereocenters. The summed E-state index contributed by atoms with van der Waals surface area (Å²) < 4.78 is 22.0. The second-order valence-corrected chi connectivity index (χ2v) is 13.0. The number of rotatable bonds is 30. The van der Waals surface area contributed by atoms with Crippen LogP contribution < -0.4 is 0 Å². The van der Waals surface area contributed by atoms with E-state index in [1.807, 2.05) is 0 Å². The van der Waals surface area contributed by atoms with Gasteiger partial charge >= 0.3 is 11.9 Å². The number of unbranched alkanes of at least 4 members (excludes halogenated alkanes) is 17. The van der Waals surface area contributed by atoms with Crippen LogP contribution in [0.5, 0.6) is 0 Å². The monoisotopic (exact) mass is 672 g/mol. The molecule has 276 valence electrons. The highest BCUT2D eigenvalue weighted by atomic mass is 16.7. The van der Waals surface area contributed by atoms with Crippen LogP contribution in [0.3, 0.4) is 0 Å². The van der Waals surface area contributed by atoms with Crippen LogP contribution in [0.2, 0.25) is 0 Å². The smallest absolute Gasteiger partial charge is 0.306 e. The fraction of sp³-hybridized carbons (Fsp3) is 0.892. The van der Waals surface area contributed by atoms with Gasteiger partial charge in [0.25, 0.3) is 0 Å². The van der Waals surface area contributed by atoms with E-state index >= 15 is 0 Å². The number of ether oxygens (including phenoxy) is 4. The molecule has 0 spiro atoms. The van der Waals surface area contributed by atoms with Gasteiger partial charge in [0.2, 0.25) is 0 Å². The molecule has 0 radical (unpaired) electrons. The highest BCUT2D eigenvalue weighted by Gasteiger charge is 2.44. The summed E-state index contributed by atoms with van der Waals surface area (Å²) in [5.41, 5.74) is 0. The Kier molecular flexibility index (Phi) is 27.2. The third-order valence-corrected chi connectivity index (χ3v) is 8.65. The molecule has 0 amide bonds. The van der Waals surface area contributed by atoms with E-state index in [0.717, 1.165) is 57.8 Å². The molecule has 47 heavy (non-hydrogen) atoms. The molecule has 0 aromatic heterocycles. The van der Waals surface area contributed by atoms with Gasteiger partial charge in [-0.15, -0.1) is 0 Å². The average molecular weight is 673 g/mol. The van der Waals surface area contributed by atoms with Gasteiger partial charge in [0, 0.05) is 12.8 Å². The summed E-state index contributed by atoms with van der Waals surface area (Å²) in [4.78, 5) is 25.0. The lowest BCUT2D eigenvalue weighted by molar-refractivity contribution is -0.305. The van der Waals surface area contributed by atoms with Crippen LogP contribution in [-0.4, -0.2) is 89.0 Å². The van der Waals surface area contributed by atoms with Crippen molar-refractivity contribution in [2.45, 2.75) is 192 Å². The van der Waals surface area contributed by atoms with Gasteiger partial charge in [-0.05, 0) is 38.5 Å². The van der Waals surface area contributed by atoms with E-state index in [4.69, 9.17) is 18.9 Å². The summed E-state index contributed by atoms with van der Waals surface area (Å²) in [6, 6.07) is 0. The summed E-state index contributed by atoms with van der Waals surface area (Å²) in [6.45, 7) is 3.34. The van der Waals surface area contributed by atoms with E-state index in [0.29, 0.717) is 6.42 Å². The molecule has 4 N–H and O–H groups in total. The highest BCUT2D eigenvalue weighted by Crippen LogP contribution is 2.22. The minimum atomic E-state index is -1.59. The first kappa shape index (κ1) is 43.5. The highest BCUT2D eigenvalue weighted by molar-refractivity contribution is 5.70. The lowest BCUT2D eigenvalue weighted by Gasteiger charge is -2.39. The van der Waals surface area contributed by atoms with Gasteiger partial charge in [0.1, 0.15) is 31.0 Å². The van der Waals surface area contributed by atoms with E-state index in [2.05, 4.69) is 26.0 Å². The third kappa shape index (κ3) is 21.9. The molecule has 1 fully saturated rings. The van der Waals surface area contributed by atoms with Gasteiger partial charge in [-0.3, -0.25) is 9.59 Å². The second-order valence-electron chi connectivity index (χ2n) is 13.0. The van der Waals surface area contributed by atoms with E-state index in [-0.39, 0.29) is 32.0 Å². The zero-order valence-electron chi connectivity index (χ0n) is 29.5. The van der Waals surface area contributed by atoms with Crippen molar-refractivity contribution < 1.29 is 49.0 Å². The van der Waals surface area contributed by atoms with Crippen molar-refractivity contribution in [1.82, 2.24) is 0 Å². The van der Waals surface area contributed by atoms with E-state index in [9.17, 15) is 30.0 Å². The Morgan fingerprint density at radius 1 is 0.638 bits per heavy atom. The summed E-state index contributed by atoms with van der Waals surface area (Å²) in [5.74, 6) is -0.821. The molecule has 0 aromatic rings. The van der Waals surface area contributed by atoms with Gasteiger partial charge < -0.3 is 39.4 Å². The van der Waals surface area contributed by atoms with Crippen LogP contribution in [0.1, 0.15) is 155 Å². The summed E-state index contributed by atoms with van der Waals surface area (Å²) in [5, 5.41) is 39.8. The predicted octanol–water partition coefficient (Wildman–Crippen LogP) is 6.44. The maximum absolute atomic E-state index is 12.6. The fourth-order valence-corrected chi connectivity index (χ4v) is 5.59. The van der Waals surface area contributed by atoms with Crippen molar-refractivity contribution in [1.29, 1.82) is 0 Å². The Morgan fingerprint density at radius 3 is 1.66 bits per heavy atom. The molecule has 0 aliphatic carbocycles. The van der Waals surface area contributed by atoms with E-state index < -0.39 is 49.4 Å². The maximum atomic E-state index is 12.6. The largest absolute Gasteiger partial charge is 0.462 e. The molecule has 0 aromatic carbocycles. The SMILES string of the molecule is CCCCCCCC/C=C/CCCCCCCC(=O)O[C@H](COC(=O)CCCCCCCCC)CO[C@H]1O[C@@H](CO)[C@@H](O)C(O)C1O. The quantitative estimate of drug-likeness (QED) is 0.0381. The maximum Gasteiger partial charge on any atom is 0.306 e. The van der Waals surface area contributed by atoms with Crippen molar-refractivity contribution in [2.24, 2.45) is 0 Å². The van der Waals surface area contributed by atoms with Gasteiger partial charge in [0.15, 0.2) is 12.4 Å². The standard InChI is InChI=1S/C37H68O10/c1-3-5-7-9-11-12-13-14-15-16-17-18-20-22-24-26-33(40)46-30(28-44-32(39)25-23-21-19-10-8-6-4-2)29-45-37-36(43)35(42)34(41)31(27-38)47-37/h14-15,30-31,34-38,41-43H,3-13,16-29H2,1-2H3/b15-14+/t30-,31+,34-,35?,36?,37+/m1/s1. The number of aliphatic hydroxyl groups excluding tert-OH is 4.